The number of hydrogen-bond acceptors (Lipinski definition) is 7. The predicted molar refractivity (Wildman–Crippen MR) is 326 cm³/mol. The third-order valence-corrected chi connectivity index (χ3v) is 16.3. The van der Waals surface area contributed by atoms with Gasteiger partial charge in [-0.05, 0) is 38.5 Å². The molecule has 0 heterocycles. The van der Waals surface area contributed by atoms with Crippen molar-refractivity contribution in [1.29, 1.82) is 0 Å². The van der Waals surface area contributed by atoms with Crippen molar-refractivity contribution < 1.29 is 42.1 Å². The van der Waals surface area contributed by atoms with Crippen molar-refractivity contribution in [2.24, 2.45) is 0 Å². The SMILES string of the molecule is CCCCCCC/C=C\CCCCCCCC(=O)OC(COC(=O)CCCCCCCCCCCCCCCCCCCCCCCCCCCCCCCCCCCCCCCC)COP(=O)(O)OCC[N+](C)(C)C. The molecule has 0 aromatic carbocycles. The summed E-state index contributed by atoms with van der Waals surface area (Å²) in [5, 5.41) is 0. The largest absolute Gasteiger partial charge is 0.472 e. The molecule has 0 saturated carbocycles. The van der Waals surface area contributed by atoms with Gasteiger partial charge in [0, 0.05) is 12.8 Å². The molecule has 0 aliphatic rings. The van der Waals surface area contributed by atoms with Gasteiger partial charge in [0.05, 0.1) is 27.7 Å². The van der Waals surface area contributed by atoms with Gasteiger partial charge in [-0.3, -0.25) is 18.6 Å². The zero-order chi connectivity index (χ0) is 55.6. The number of rotatable bonds is 63. The van der Waals surface area contributed by atoms with Crippen molar-refractivity contribution in [2.75, 3.05) is 47.5 Å². The van der Waals surface area contributed by atoms with Crippen LogP contribution in [0, 0.1) is 0 Å². The fourth-order valence-electron chi connectivity index (χ4n) is 10.1. The molecule has 0 aliphatic heterocycles. The molecule has 10 heteroatoms. The van der Waals surface area contributed by atoms with Crippen LogP contribution in [0.25, 0.3) is 0 Å². The molecular weight excluding hydrogens is 966 g/mol. The van der Waals surface area contributed by atoms with Gasteiger partial charge in [0.25, 0.3) is 0 Å². The van der Waals surface area contributed by atoms with Crippen LogP contribution in [0.5, 0.6) is 0 Å². The van der Waals surface area contributed by atoms with Crippen LogP contribution in [0.15, 0.2) is 12.2 Å². The molecule has 0 rings (SSSR count). The molecule has 0 aromatic rings. The van der Waals surface area contributed by atoms with E-state index in [0.717, 1.165) is 51.4 Å². The smallest absolute Gasteiger partial charge is 0.462 e. The van der Waals surface area contributed by atoms with Gasteiger partial charge in [0.15, 0.2) is 6.10 Å². The average Bonchev–Trinajstić information content (AvgIpc) is 3.38. The van der Waals surface area contributed by atoms with Gasteiger partial charge in [-0.1, -0.05) is 309 Å². The third-order valence-electron chi connectivity index (χ3n) is 15.3. The van der Waals surface area contributed by atoms with E-state index in [1.54, 1.807) is 0 Å². The Kier molecular flexibility index (Phi) is 57.4. The standard InChI is InChI=1S/C66H130NO8P/c1-6-8-10-12-14-16-18-20-22-23-24-25-26-27-28-29-30-31-32-33-34-35-36-37-38-39-40-41-42-43-44-45-47-48-50-52-54-56-58-65(68)72-62-64(63-74-76(70,71)73-61-60-67(3,4)5)75-66(69)59-57-55-53-51-49-46-21-19-17-15-13-11-9-7-2/h19,21,64H,6-18,20,22-63H2,1-5H3/p+1/b21-19-. The van der Waals surface area contributed by atoms with E-state index in [4.69, 9.17) is 18.5 Å². The number of esters is 2. The van der Waals surface area contributed by atoms with Gasteiger partial charge < -0.3 is 18.9 Å². The Labute approximate surface area is 473 Å². The summed E-state index contributed by atoms with van der Waals surface area (Å²) in [7, 11) is 1.49. The lowest BCUT2D eigenvalue weighted by Gasteiger charge is -2.24. The number of hydrogen-bond donors (Lipinski definition) is 1. The van der Waals surface area contributed by atoms with Crippen molar-refractivity contribution in [3.63, 3.8) is 0 Å². The highest BCUT2D eigenvalue weighted by Crippen LogP contribution is 2.43. The molecular formula is C66H131NO8P+. The molecule has 0 fully saturated rings. The maximum Gasteiger partial charge on any atom is 0.472 e. The molecule has 0 radical (unpaired) electrons. The minimum Gasteiger partial charge on any atom is -0.462 e. The minimum absolute atomic E-state index is 0.0337. The van der Waals surface area contributed by atoms with Gasteiger partial charge >= 0.3 is 19.8 Å². The van der Waals surface area contributed by atoms with E-state index in [0.29, 0.717) is 23.9 Å². The molecule has 0 aromatic heterocycles. The highest BCUT2D eigenvalue weighted by molar-refractivity contribution is 7.47. The van der Waals surface area contributed by atoms with E-state index in [1.165, 1.54) is 263 Å². The molecule has 2 atom stereocenters. The van der Waals surface area contributed by atoms with Crippen LogP contribution in [-0.2, 0) is 32.7 Å². The van der Waals surface area contributed by atoms with Crippen LogP contribution in [0.4, 0.5) is 0 Å². The fourth-order valence-corrected chi connectivity index (χ4v) is 10.9. The molecule has 0 aliphatic carbocycles. The predicted octanol–water partition coefficient (Wildman–Crippen LogP) is 21.2. The summed E-state index contributed by atoms with van der Waals surface area (Å²) < 4.78 is 34.6. The summed E-state index contributed by atoms with van der Waals surface area (Å²) in [6.07, 6.45) is 70.6. The van der Waals surface area contributed by atoms with Crippen molar-refractivity contribution in [2.45, 2.75) is 354 Å². The van der Waals surface area contributed by atoms with Gasteiger partial charge in [-0.15, -0.1) is 0 Å². The first-order valence-electron chi connectivity index (χ1n) is 33.4. The second-order valence-corrected chi connectivity index (χ2v) is 25.7. The Balaban J connectivity index is 3.83. The number of quaternary nitrogens is 1. The normalized spacial score (nSPS) is 13.2. The monoisotopic (exact) mass is 1100 g/mol. The molecule has 0 spiro atoms. The number of nitrogens with zero attached hydrogens (tertiary/aromatic N) is 1. The Morgan fingerprint density at radius 2 is 0.671 bits per heavy atom. The summed E-state index contributed by atoms with van der Waals surface area (Å²) >= 11 is 0. The van der Waals surface area contributed by atoms with Crippen LogP contribution in [0.1, 0.15) is 348 Å². The zero-order valence-corrected chi connectivity index (χ0v) is 52.4. The first-order valence-corrected chi connectivity index (χ1v) is 34.9. The topological polar surface area (TPSA) is 108 Å². The van der Waals surface area contributed by atoms with Gasteiger partial charge in [0.2, 0.25) is 0 Å². The van der Waals surface area contributed by atoms with E-state index < -0.39 is 26.5 Å². The number of likely N-dealkylation sites (N-methyl/N-ethyl adjacent to an activating group) is 1. The number of allylic oxidation sites excluding steroid dienone is 2. The van der Waals surface area contributed by atoms with Crippen LogP contribution in [0.3, 0.4) is 0 Å². The average molecular weight is 1100 g/mol. The highest BCUT2D eigenvalue weighted by Gasteiger charge is 2.27. The minimum atomic E-state index is -4.38. The molecule has 9 nitrogen and oxygen atoms in total. The summed E-state index contributed by atoms with van der Waals surface area (Å²) in [6, 6.07) is 0. The van der Waals surface area contributed by atoms with Crippen molar-refractivity contribution in [3.8, 4) is 0 Å². The van der Waals surface area contributed by atoms with E-state index >= 15 is 0 Å². The maximum atomic E-state index is 12.8. The van der Waals surface area contributed by atoms with Gasteiger partial charge in [-0.25, -0.2) is 4.57 Å². The number of unbranched alkanes of at least 4 members (excludes halogenated alkanes) is 47. The van der Waals surface area contributed by atoms with Crippen molar-refractivity contribution in [1.82, 2.24) is 0 Å². The Hall–Kier alpha value is -1.25. The summed E-state index contributed by atoms with van der Waals surface area (Å²) in [4.78, 5) is 35.7. The van der Waals surface area contributed by atoms with Crippen molar-refractivity contribution >= 4 is 19.8 Å². The molecule has 76 heavy (non-hydrogen) atoms. The van der Waals surface area contributed by atoms with Crippen LogP contribution >= 0.6 is 7.82 Å². The fraction of sp³-hybridized carbons (Fsp3) is 0.939. The molecule has 2 unspecified atom stereocenters. The summed E-state index contributed by atoms with van der Waals surface area (Å²) in [5.74, 6) is -0.789. The van der Waals surface area contributed by atoms with E-state index in [9.17, 15) is 19.0 Å². The Morgan fingerprint density at radius 3 is 0.974 bits per heavy atom. The lowest BCUT2D eigenvalue weighted by atomic mass is 10.0. The zero-order valence-electron chi connectivity index (χ0n) is 51.5. The second kappa shape index (κ2) is 58.4. The number of carbonyl (C=O) groups is 2. The highest BCUT2D eigenvalue weighted by atomic mass is 31.2. The Bertz CT molecular complexity index is 1290. The van der Waals surface area contributed by atoms with E-state index in [-0.39, 0.29) is 25.6 Å². The lowest BCUT2D eigenvalue weighted by molar-refractivity contribution is -0.870. The number of phosphoric ester groups is 1. The van der Waals surface area contributed by atoms with E-state index in [1.807, 2.05) is 21.1 Å². The Morgan fingerprint density at radius 1 is 0.395 bits per heavy atom. The van der Waals surface area contributed by atoms with Crippen LogP contribution in [0.2, 0.25) is 0 Å². The van der Waals surface area contributed by atoms with E-state index in [2.05, 4.69) is 26.0 Å². The summed E-state index contributed by atoms with van der Waals surface area (Å²) in [6.45, 7) is 4.47. The number of ether oxygens (including phenoxy) is 2. The molecule has 0 bridgehead atoms. The van der Waals surface area contributed by atoms with Gasteiger partial charge in [-0.2, -0.15) is 0 Å². The van der Waals surface area contributed by atoms with Gasteiger partial charge in [0.1, 0.15) is 19.8 Å². The van der Waals surface area contributed by atoms with Crippen LogP contribution < -0.4 is 0 Å². The first-order chi connectivity index (χ1) is 37.0. The van der Waals surface area contributed by atoms with Crippen molar-refractivity contribution in [3.05, 3.63) is 12.2 Å². The number of phosphoric acid groups is 1. The molecule has 452 valence electrons. The maximum absolute atomic E-state index is 12.8. The number of carbonyl (C=O) groups excluding carboxylic acids is 2. The molecule has 0 amide bonds. The lowest BCUT2D eigenvalue weighted by Crippen LogP contribution is -2.37. The first kappa shape index (κ1) is 74.8. The third kappa shape index (κ3) is 62.0. The molecule has 0 saturated heterocycles. The van der Waals surface area contributed by atoms with Crippen LogP contribution in [-0.4, -0.2) is 74.9 Å². The molecule has 1 N–H and O–H groups in total. The second-order valence-electron chi connectivity index (χ2n) is 24.2. The quantitative estimate of drug-likeness (QED) is 0.0211. The summed E-state index contributed by atoms with van der Waals surface area (Å²) in [5.41, 5.74) is 0.